The first kappa shape index (κ1) is 48.4. The Labute approximate surface area is 426 Å². The number of nitrogens with zero attached hydrogens (tertiary/aromatic N) is 4. The van der Waals surface area contributed by atoms with Gasteiger partial charge in [-0.2, -0.15) is 0 Å². The molecule has 2 fully saturated rings. The minimum absolute atomic E-state index is 0.0255. The molecule has 1 aliphatic carbocycles. The van der Waals surface area contributed by atoms with Gasteiger partial charge in [0.2, 0.25) is 5.60 Å². The number of aromatic nitrogens is 4. The van der Waals surface area contributed by atoms with Gasteiger partial charge in [-0.1, -0.05) is 33.4 Å². The number of aromatic amines is 2. The molecule has 380 valence electrons. The third-order valence-electron chi connectivity index (χ3n) is 16.3. The van der Waals surface area contributed by atoms with Crippen molar-refractivity contribution >= 4 is 64.6 Å². The van der Waals surface area contributed by atoms with Gasteiger partial charge in [0.1, 0.15) is 18.3 Å². The first-order valence-corrected chi connectivity index (χ1v) is 25.3. The number of phenolic OH excluding ortho intramolecular Hbond substituents is 1. The first-order chi connectivity index (χ1) is 35.4. The van der Waals surface area contributed by atoms with E-state index in [0.717, 1.165) is 73.0 Å². The van der Waals surface area contributed by atoms with Crippen molar-refractivity contribution in [1.29, 1.82) is 0 Å². The average molecular weight is 998 g/mol. The van der Waals surface area contributed by atoms with E-state index in [1.807, 2.05) is 70.1 Å². The number of cyclic esters (lactones) is 1. The van der Waals surface area contributed by atoms with E-state index in [1.165, 1.54) is 7.11 Å². The van der Waals surface area contributed by atoms with E-state index in [0.29, 0.717) is 51.6 Å². The summed E-state index contributed by atoms with van der Waals surface area (Å²) < 4.78 is 19.0. The SMILES string of the molecule is C=Cc1c2[nH]c(c1C)/C=C1\NC(=C3C4=NC(/C=c5\[nH]c(c(C)c5CC)=C2)C(C)=C4C(=O)C3C(=O)OC)[C@@H](CCC(=O)O[C@@]2(CC)C(=O)OCc3c2cc2n(c3=O)Cc3cc4cc(O)c(CN(C)C)cc4nc3-2)[C@@H]1C. The summed E-state index contributed by atoms with van der Waals surface area (Å²) >= 11 is 0. The molecule has 2 unspecified atom stereocenters. The Kier molecular flexibility index (Phi) is 11.6. The number of carbonyl (C=O) groups is 4. The maximum atomic E-state index is 14.6. The third-order valence-corrected chi connectivity index (χ3v) is 16.3. The van der Waals surface area contributed by atoms with E-state index in [1.54, 1.807) is 23.6 Å². The molecule has 9 heterocycles. The molecule has 4 aromatic heterocycles. The molecule has 8 bridgehead atoms. The number of nitrogens with one attached hydrogen (secondary N) is 3. The Hall–Kier alpha value is -7.85. The van der Waals surface area contributed by atoms with E-state index in [4.69, 9.17) is 24.2 Å². The molecule has 74 heavy (non-hydrogen) atoms. The number of hydrogen-bond acceptors (Lipinski definition) is 13. The highest BCUT2D eigenvalue weighted by atomic mass is 16.6. The van der Waals surface area contributed by atoms with Crippen LogP contribution in [0.2, 0.25) is 0 Å². The third kappa shape index (κ3) is 7.23. The number of pyridine rings is 2. The highest BCUT2D eigenvalue weighted by Gasteiger charge is 2.53. The molecule has 0 spiro atoms. The summed E-state index contributed by atoms with van der Waals surface area (Å²) in [5.41, 5.74) is 10.4. The van der Waals surface area contributed by atoms with Crippen LogP contribution in [-0.2, 0) is 65.1 Å². The smallest absolute Gasteiger partial charge is 0.355 e. The van der Waals surface area contributed by atoms with E-state index < -0.39 is 47.2 Å². The monoisotopic (exact) mass is 997 g/mol. The van der Waals surface area contributed by atoms with Gasteiger partial charge >= 0.3 is 17.9 Å². The van der Waals surface area contributed by atoms with Crippen LogP contribution in [0.3, 0.4) is 0 Å². The van der Waals surface area contributed by atoms with Crippen molar-refractivity contribution in [2.24, 2.45) is 22.7 Å². The van der Waals surface area contributed by atoms with Gasteiger partial charge < -0.3 is 44.1 Å². The van der Waals surface area contributed by atoms with Crippen LogP contribution in [-0.4, -0.2) is 86.2 Å². The second kappa shape index (κ2) is 17.7. The van der Waals surface area contributed by atoms with Gasteiger partial charge in [0.25, 0.3) is 5.56 Å². The van der Waals surface area contributed by atoms with Crippen molar-refractivity contribution in [3.8, 4) is 17.1 Å². The van der Waals surface area contributed by atoms with Crippen LogP contribution in [0.15, 0.2) is 68.7 Å². The lowest BCUT2D eigenvalue weighted by Gasteiger charge is -2.35. The van der Waals surface area contributed by atoms with Gasteiger partial charge in [0.15, 0.2) is 5.78 Å². The van der Waals surface area contributed by atoms with Crippen LogP contribution >= 0.6 is 0 Å². The summed E-state index contributed by atoms with van der Waals surface area (Å²) in [6, 6.07) is 6.65. The predicted molar refractivity (Wildman–Crippen MR) is 280 cm³/mol. The van der Waals surface area contributed by atoms with Crippen molar-refractivity contribution in [2.75, 3.05) is 21.2 Å². The molecule has 16 nitrogen and oxygen atoms in total. The number of ether oxygens (including phenoxy) is 3. The van der Waals surface area contributed by atoms with Gasteiger partial charge in [-0.05, 0) is 119 Å². The largest absolute Gasteiger partial charge is 0.508 e. The van der Waals surface area contributed by atoms with Gasteiger partial charge in [-0.25, -0.2) is 9.78 Å². The number of carbonyl (C=O) groups excluding carboxylic acids is 4. The summed E-state index contributed by atoms with van der Waals surface area (Å²) in [4.78, 5) is 91.1. The van der Waals surface area contributed by atoms with E-state index in [2.05, 4.69) is 41.8 Å². The number of Topliss-reactive ketones (excluding diaryl/α,β-unsaturated/α-hetero) is 1. The Bertz CT molecular complexity index is 3730. The molecule has 1 saturated heterocycles. The fourth-order valence-electron chi connectivity index (χ4n) is 12.3. The number of rotatable bonds is 10. The number of H-pyrrole nitrogens is 2. The highest BCUT2D eigenvalue weighted by molar-refractivity contribution is 6.42. The molecule has 1 saturated carbocycles. The van der Waals surface area contributed by atoms with E-state index in [9.17, 15) is 29.1 Å². The summed E-state index contributed by atoms with van der Waals surface area (Å²) in [7, 11) is 5.08. The molecular weight excluding hydrogens is 939 g/mol. The van der Waals surface area contributed by atoms with Gasteiger partial charge in [0.05, 0.1) is 47.9 Å². The lowest BCUT2D eigenvalue weighted by molar-refractivity contribution is -0.189. The van der Waals surface area contributed by atoms with Crippen LogP contribution < -0.4 is 21.6 Å². The minimum atomic E-state index is -1.95. The molecule has 4 N–H and O–H groups in total. The number of benzene rings is 1. The Morgan fingerprint density at radius 1 is 1.04 bits per heavy atom. The van der Waals surface area contributed by atoms with Crippen LogP contribution in [0, 0.1) is 31.6 Å². The summed E-state index contributed by atoms with van der Waals surface area (Å²) in [5, 5.41) is 17.0. The van der Waals surface area contributed by atoms with Crippen molar-refractivity contribution in [2.45, 2.75) is 98.6 Å². The number of ketones is 1. The number of hydrogen-bond donors (Lipinski definition) is 4. The fourth-order valence-corrected chi connectivity index (χ4v) is 12.3. The zero-order chi connectivity index (χ0) is 52.4. The lowest BCUT2D eigenvalue weighted by atomic mass is 9.84. The number of phenols is 1. The normalized spacial score (nSPS) is 23.4. The van der Waals surface area contributed by atoms with E-state index in [-0.39, 0.29) is 60.8 Å². The Morgan fingerprint density at radius 3 is 2.54 bits per heavy atom. The van der Waals surface area contributed by atoms with Crippen LogP contribution in [0.1, 0.15) is 103 Å². The van der Waals surface area contributed by atoms with Crippen LogP contribution in [0.4, 0.5) is 0 Å². The van der Waals surface area contributed by atoms with Gasteiger partial charge in [0, 0.05) is 97.1 Å². The number of allylic oxidation sites excluding steroid dienone is 3. The molecule has 6 aliphatic rings. The quantitative estimate of drug-likeness (QED) is 0.0714. The molecule has 0 amide bonds. The fraction of sp³-hybridized carbons (Fsp3) is 0.362. The molecule has 11 rings (SSSR count). The summed E-state index contributed by atoms with van der Waals surface area (Å²) in [6.07, 6.45) is 8.71. The molecule has 0 radical (unpaired) electrons. The molecule has 5 aromatic rings. The molecular formula is C58H59N7O9. The Morgan fingerprint density at radius 2 is 1.82 bits per heavy atom. The summed E-state index contributed by atoms with van der Waals surface area (Å²) in [6.45, 7) is 16.4. The molecule has 5 aliphatic heterocycles. The molecule has 16 heteroatoms. The maximum absolute atomic E-state index is 14.6. The standard InChI is InChI=1S/C58H59N7O9/c1-11-33-26(4)38-20-40-28(6)35(52(61-40)49-50(56(70)72-10)54(68)48-29(7)41(62-53(48)49)22-44-34(12-2)27(5)39(60-44)21-43(33)59-38)14-15-47(67)74-58(13-3)37-19-45-51-32(24-65(45)55(69)36(37)25-73-57(58)71)16-30-18-46(66)31(23-64(8)9)17-42(30)63-51/h11,16-22,28,35,41,50,59-61,66H,1,12-15,23-25H2,2-10H3/b39-21?,40-20-,44-22-,52-49?/t28-,35-,41?,50?,58+/m0/s1. The number of esters is 3. The number of aliphatic imine (C=N–C) groups is 1. The Balaban J connectivity index is 0.993. The second-order valence-corrected chi connectivity index (χ2v) is 20.7. The lowest BCUT2D eigenvalue weighted by Crippen LogP contribution is -2.47. The number of aromatic hydroxyl groups is 1. The average Bonchev–Trinajstić information content (AvgIpc) is 4.19. The highest BCUT2D eigenvalue weighted by Crippen LogP contribution is 2.48. The van der Waals surface area contributed by atoms with Crippen molar-refractivity contribution in [1.82, 2.24) is 29.7 Å². The van der Waals surface area contributed by atoms with Crippen molar-refractivity contribution in [3.05, 3.63) is 136 Å². The van der Waals surface area contributed by atoms with E-state index >= 15 is 0 Å². The maximum Gasteiger partial charge on any atom is 0.355 e. The topological polar surface area (TPSA) is 210 Å². The molecule has 1 aromatic carbocycles. The predicted octanol–water partition coefficient (Wildman–Crippen LogP) is 5.94. The number of methoxy groups -OCH3 is 1. The summed E-state index contributed by atoms with van der Waals surface area (Å²) in [5.74, 6) is -4.55. The van der Waals surface area contributed by atoms with Crippen molar-refractivity contribution in [3.63, 3.8) is 0 Å². The zero-order valence-corrected chi connectivity index (χ0v) is 43.1. The van der Waals surface area contributed by atoms with Gasteiger partial charge in [-0.3, -0.25) is 24.2 Å². The minimum Gasteiger partial charge on any atom is -0.508 e. The van der Waals surface area contributed by atoms with Crippen LogP contribution in [0.25, 0.3) is 46.6 Å². The van der Waals surface area contributed by atoms with Gasteiger partial charge in [-0.15, -0.1) is 0 Å². The second-order valence-electron chi connectivity index (χ2n) is 20.7. The molecule has 5 atom stereocenters. The first-order valence-electron chi connectivity index (χ1n) is 25.3. The van der Waals surface area contributed by atoms with Crippen molar-refractivity contribution < 1.29 is 38.5 Å². The zero-order valence-electron chi connectivity index (χ0n) is 43.1. The number of fused-ring (bicyclic) bond motifs is 12. The van der Waals surface area contributed by atoms with Crippen LogP contribution in [0.5, 0.6) is 5.75 Å².